The highest BCUT2D eigenvalue weighted by molar-refractivity contribution is 5.88. The predicted octanol–water partition coefficient (Wildman–Crippen LogP) is 2.67. The van der Waals surface area contributed by atoms with E-state index in [1.165, 1.54) is 12.1 Å². The van der Waals surface area contributed by atoms with Crippen molar-refractivity contribution in [3.05, 3.63) is 42.2 Å². The van der Waals surface area contributed by atoms with Crippen LogP contribution in [0.1, 0.15) is 0 Å². The highest BCUT2D eigenvalue weighted by Gasteiger charge is 2.12. The molecule has 88 valence electrons. The Morgan fingerprint density at radius 3 is 2.24 bits per heavy atom. The number of hydrogen-bond acceptors (Lipinski definition) is 3. The van der Waals surface area contributed by atoms with Gasteiger partial charge in [-0.05, 0) is 29.8 Å². The van der Waals surface area contributed by atoms with Crippen molar-refractivity contribution < 1.29 is 9.13 Å². The van der Waals surface area contributed by atoms with Gasteiger partial charge in [0.15, 0.2) is 0 Å². The van der Waals surface area contributed by atoms with Crippen molar-refractivity contribution in [3.63, 3.8) is 0 Å². The van der Waals surface area contributed by atoms with Gasteiger partial charge in [0.2, 0.25) is 0 Å². The van der Waals surface area contributed by atoms with Crippen LogP contribution in [0.3, 0.4) is 0 Å². The second-order valence-corrected chi connectivity index (χ2v) is 3.65. The van der Waals surface area contributed by atoms with Gasteiger partial charge < -0.3 is 16.2 Å². The van der Waals surface area contributed by atoms with E-state index < -0.39 is 0 Å². The molecule has 2 aromatic carbocycles. The lowest BCUT2D eigenvalue weighted by molar-refractivity contribution is 0.416. The summed E-state index contributed by atoms with van der Waals surface area (Å²) in [5.74, 6) is 0.318. The maximum Gasteiger partial charge on any atom is 0.128 e. The Bertz CT molecular complexity index is 538. The van der Waals surface area contributed by atoms with Crippen molar-refractivity contribution >= 4 is 11.4 Å². The Kier molecular flexibility index (Phi) is 2.87. The second-order valence-electron chi connectivity index (χ2n) is 3.65. The first-order valence-electron chi connectivity index (χ1n) is 5.11. The zero-order valence-corrected chi connectivity index (χ0v) is 9.41. The van der Waals surface area contributed by atoms with E-state index in [2.05, 4.69) is 0 Å². The quantitative estimate of drug-likeness (QED) is 0.782. The smallest absolute Gasteiger partial charge is 0.128 e. The van der Waals surface area contributed by atoms with Crippen LogP contribution in [-0.4, -0.2) is 7.11 Å². The molecule has 0 aliphatic heterocycles. The molecule has 4 N–H and O–H groups in total. The first-order valence-corrected chi connectivity index (χ1v) is 5.11. The van der Waals surface area contributed by atoms with Gasteiger partial charge in [0, 0.05) is 5.56 Å². The fourth-order valence-corrected chi connectivity index (χ4v) is 1.70. The van der Waals surface area contributed by atoms with Crippen molar-refractivity contribution in [1.29, 1.82) is 0 Å². The lowest BCUT2D eigenvalue weighted by Gasteiger charge is -2.13. The Morgan fingerprint density at radius 2 is 1.65 bits per heavy atom. The molecule has 0 saturated carbocycles. The summed E-state index contributed by atoms with van der Waals surface area (Å²) in [5, 5.41) is 0. The maximum absolute atomic E-state index is 12.9. The van der Waals surface area contributed by atoms with Gasteiger partial charge in [-0.25, -0.2) is 4.39 Å². The van der Waals surface area contributed by atoms with E-state index in [1.807, 2.05) is 0 Å². The number of nitrogen functional groups attached to an aromatic ring is 2. The van der Waals surface area contributed by atoms with E-state index >= 15 is 0 Å². The van der Waals surface area contributed by atoms with Gasteiger partial charge in [0.1, 0.15) is 11.6 Å². The molecule has 0 aliphatic rings. The molecular formula is C13H13FN2O. The third-order valence-electron chi connectivity index (χ3n) is 2.59. The highest BCUT2D eigenvalue weighted by Crippen LogP contribution is 2.38. The standard InChI is InChI=1S/C13H13FN2O/c1-17-11-7-6-10(15)13(16)12(11)8-2-4-9(14)5-3-8/h2-7H,15-16H2,1H3. The first kappa shape index (κ1) is 11.3. The average Bonchev–Trinajstić information content (AvgIpc) is 2.34. The Morgan fingerprint density at radius 1 is 1.00 bits per heavy atom. The molecule has 4 heteroatoms. The molecule has 17 heavy (non-hydrogen) atoms. The van der Waals surface area contributed by atoms with Crippen LogP contribution in [0.4, 0.5) is 15.8 Å². The summed E-state index contributed by atoms with van der Waals surface area (Å²) in [6.07, 6.45) is 0. The molecule has 0 radical (unpaired) electrons. The van der Waals surface area contributed by atoms with E-state index in [4.69, 9.17) is 16.2 Å². The number of benzene rings is 2. The van der Waals surface area contributed by atoms with E-state index in [1.54, 1.807) is 31.4 Å². The summed E-state index contributed by atoms with van der Waals surface area (Å²) in [4.78, 5) is 0. The second kappa shape index (κ2) is 4.33. The van der Waals surface area contributed by atoms with Crippen LogP contribution in [0.5, 0.6) is 5.75 Å². The number of ether oxygens (including phenoxy) is 1. The van der Waals surface area contributed by atoms with Gasteiger partial charge >= 0.3 is 0 Å². The van der Waals surface area contributed by atoms with Crippen LogP contribution >= 0.6 is 0 Å². The van der Waals surface area contributed by atoms with E-state index in [0.717, 1.165) is 5.56 Å². The van der Waals surface area contributed by atoms with Gasteiger partial charge in [-0.2, -0.15) is 0 Å². The van der Waals surface area contributed by atoms with Gasteiger partial charge in [-0.1, -0.05) is 12.1 Å². The van der Waals surface area contributed by atoms with E-state index in [-0.39, 0.29) is 5.82 Å². The lowest BCUT2D eigenvalue weighted by atomic mass is 10.0. The summed E-state index contributed by atoms with van der Waals surface area (Å²) in [5.41, 5.74) is 14.1. The molecule has 0 atom stereocenters. The molecule has 0 aromatic heterocycles. The predicted molar refractivity (Wildman–Crippen MR) is 67.2 cm³/mol. The largest absolute Gasteiger partial charge is 0.496 e. The number of hydrogen-bond donors (Lipinski definition) is 2. The number of methoxy groups -OCH3 is 1. The molecule has 0 saturated heterocycles. The van der Waals surface area contributed by atoms with Crippen molar-refractivity contribution in [1.82, 2.24) is 0 Å². The summed E-state index contributed by atoms with van der Waals surface area (Å²) < 4.78 is 18.1. The third kappa shape index (κ3) is 2.01. The van der Waals surface area contributed by atoms with Gasteiger partial charge in [0.05, 0.1) is 18.5 Å². The monoisotopic (exact) mass is 232 g/mol. The van der Waals surface area contributed by atoms with Gasteiger partial charge in [0.25, 0.3) is 0 Å². The van der Waals surface area contributed by atoms with Gasteiger partial charge in [-0.15, -0.1) is 0 Å². The summed E-state index contributed by atoms with van der Waals surface area (Å²) in [7, 11) is 1.55. The van der Waals surface area contributed by atoms with E-state index in [9.17, 15) is 4.39 Å². The van der Waals surface area contributed by atoms with Crippen LogP contribution in [0, 0.1) is 5.82 Å². The molecule has 2 rings (SSSR count). The Hall–Kier alpha value is -2.23. The SMILES string of the molecule is COc1ccc(N)c(N)c1-c1ccc(F)cc1. The summed E-state index contributed by atoms with van der Waals surface area (Å²) in [6.45, 7) is 0. The highest BCUT2D eigenvalue weighted by atomic mass is 19.1. The minimum atomic E-state index is -0.296. The van der Waals surface area contributed by atoms with Gasteiger partial charge in [-0.3, -0.25) is 0 Å². The number of nitrogens with two attached hydrogens (primary N) is 2. The third-order valence-corrected chi connectivity index (χ3v) is 2.59. The van der Waals surface area contributed by atoms with Crippen LogP contribution in [0.2, 0.25) is 0 Å². The maximum atomic E-state index is 12.9. The minimum absolute atomic E-state index is 0.296. The molecule has 0 heterocycles. The Labute approximate surface area is 98.8 Å². The van der Waals surface area contributed by atoms with Crippen molar-refractivity contribution in [3.8, 4) is 16.9 Å². The molecule has 2 aromatic rings. The lowest BCUT2D eigenvalue weighted by Crippen LogP contribution is -1.99. The molecule has 0 unspecified atom stereocenters. The van der Waals surface area contributed by atoms with Crippen LogP contribution < -0.4 is 16.2 Å². The average molecular weight is 232 g/mol. The van der Waals surface area contributed by atoms with Crippen molar-refractivity contribution in [2.75, 3.05) is 18.6 Å². The summed E-state index contributed by atoms with van der Waals surface area (Å²) in [6, 6.07) is 9.45. The molecule has 0 bridgehead atoms. The topological polar surface area (TPSA) is 61.3 Å². The van der Waals surface area contributed by atoms with Crippen LogP contribution in [-0.2, 0) is 0 Å². The summed E-state index contributed by atoms with van der Waals surface area (Å²) >= 11 is 0. The molecule has 3 nitrogen and oxygen atoms in total. The zero-order valence-electron chi connectivity index (χ0n) is 9.41. The fraction of sp³-hybridized carbons (Fsp3) is 0.0769. The molecule has 0 spiro atoms. The zero-order chi connectivity index (χ0) is 12.4. The van der Waals surface area contributed by atoms with Crippen molar-refractivity contribution in [2.24, 2.45) is 0 Å². The van der Waals surface area contributed by atoms with Crippen LogP contribution in [0.25, 0.3) is 11.1 Å². The normalized spacial score (nSPS) is 10.2. The molecule has 0 aliphatic carbocycles. The molecule has 0 fully saturated rings. The number of rotatable bonds is 2. The minimum Gasteiger partial charge on any atom is -0.496 e. The first-order chi connectivity index (χ1) is 8.13. The number of halogens is 1. The number of anilines is 2. The van der Waals surface area contributed by atoms with Crippen LogP contribution in [0.15, 0.2) is 36.4 Å². The Balaban J connectivity index is 2.64. The van der Waals surface area contributed by atoms with Crippen molar-refractivity contribution in [2.45, 2.75) is 0 Å². The van der Waals surface area contributed by atoms with E-state index in [0.29, 0.717) is 22.7 Å². The molecular weight excluding hydrogens is 219 g/mol. The molecule has 0 amide bonds. The fourth-order valence-electron chi connectivity index (χ4n) is 1.70.